The van der Waals surface area contributed by atoms with Gasteiger partial charge in [0.05, 0.1) is 5.57 Å². The van der Waals surface area contributed by atoms with Crippen LogP contribution in [0.4, 0.5) is 0 Å². The molecule has 1 heterocycles. The Bertz CT molecular complexity index is 256. The molecule has 0 aromatic rings. The third kappa shape index (κ3) is 3.57. The van der Waals surface area contributed by atoms with Crippen molar-refractivity contribution in [1.82, 2.24) is 0 Å². The van der Waals surface area contributed by atoms with Gasteiger partial charge in [0.1, 0.15) is 11.9 Å². The zero-order valence-corrected chi connectivity index (χ0v) is 9.58. The SMILES string of the molecule is CCCCCCC1=C(O)C[C@@H](C)OC1=O. The summed E-state index contributed by atoms with van der Waals surface area (Å²) in [6.45, 7) is 3.94. The number of hydrogen-bond donors (Lipinski definition) is 1. The van der Waals surface area contributed by atoms with Crippen LogP contribution in [0.2, 0.25) is 0 Å². The summed E-state index contributed by atoms with van der Waals surface area (Å²) in [7, 11) is 0. The minimum Gasteiger partial charge on any atom is -0.512 e. The zero-order chi connectivity index (χ0) is 11.3. The van der Waals surface area contributed by atoms with E-state index in [4.69, 9.17) is 4.74 Å². The van der Waals surface area contributed by atoms with Gasteiger partial charge in [0.2, 0.25) is 0 Å². The Morgan fingerprint density at radius 3 is 2.73 bits per heavy atom. The van der Waals surface area contributed by atoms with E-state index in [1.807, 2.05) is 0 Å². The molecule has 0 saturated carbocycles. The molecule has 0 radical (unpaired) electrons. The Morgan fingerprint density at radius 2 is 2.13 bits per heavy atom. The Kier molecular flexibility index (Phi) is 4.66. The highest BCUT2D eigenvalue weighted by molar-refractivity contribution is 5.89. The lowest BCUT2D eigenvalue weighted by Gasteiger charge is -2.21. The van der Waals surface area contributed by atoms with Gasteiger partial charge in [-0.2, -0.15) is 0 Å². The quantitative estimate of drug-likeness (QED) is 0.562. The van der Waals surface area contributed by atoms with Gasteiger partial charge < -0.3 is 9.84 Å². The maximum absolute atomic E-state index is 11.4. The van der Waals surface area contributed by atoms with Crippen LogP contribution in [0.3, 0.4) is 0 Å². The summed E-state index contributed by atoms with van der Waals surface area (Å²) in [5, 5.41) is 9.65. The molecule has 0 spiro atoms. The van der Waals surface area contributed by atoms with E-state index in [1.54, 1.807) is 6.92 Å². The van der Waals surface area contributed by atoms with Gasteiger partial charge in [-0.3, -0.25) is 0 Å². The third-order valence-corrected chi connectivity index (χ3v) is 2.66. The van der Waals surface area contributed by atoms with Gasteiger partial charge in [0.15, 0.2) is 0 Å². The second kappa shape index (κ2) is 5.79. The van der Waals surface area contributed by atoms with E-state index >= 15 is 0 Å². The van der Waals surface area contributed by atoms with Gasteiger partial charge in [0, 0.05) is 6.42 Å². The van der Waals surface area contributed by atoms with Gasteiger partial charge in [-0.1, -0.05) is 26.2 Å². The average Bonchev–Trinajstić information content (AvgIpc) is 2.15. The molecule has 1 aliphatic rings. The zero-order valence-electron chi connectivity index (χ0n) is 9.58. The molecular formula is C12H20O3. The van der Waals surface area contributed by atoms with Gasteiger partial charge in [-0.05, 0) is 19.8 Å². The molecule has 0 fully saturated rings. The molecule has 15 heavy (non-hydrogen) atoms. The molecule has 0 aromatic carbocycles. The largest absolute Gasteiger partial charge is 0.512 e. The Hall–Kier alpha value is -0.990. The summed E-state index contributed by atoms with van der Waals surface area (Å²) in [4.78, 5) is 11.4. The van der Waals surface area contributed by atoms with Crippen molar-refractivity contribution in [1.29, 1.82) is 0 Å². The van der Waals surface area contributed by atoms with Crippen molar-refractivity contribution in [3.05, 3.63) is 11.3 Å². The third-order valence-electron chi connectivity index (χ3n) is 2.66. The molecule has 1 N–H and O–H groups in total. The summed E-state index contributed by atoms with van der Waals surface area (Å²) in [6.07, 6.45) is 5.35. The number of carbonyl (C=O) groups is 1. The van der Waals surface area contributed by atoms with Crippen LogP contribution in [0.15, 0.2) is 11.3 Å². The smallest absolute Gasteiger partial charge is 0.337 e. The molecule has 86 valence electrons. The number of carbonyl (C=O) groups excluding carboxylic acids is 1. The number of esters is 1. The van der Waals surface area contributed by atoms with E-state index in [0.29, 0.717) is 18.4 Å². The molecule has 1 atom stereocenters. The number of ether oxygens (including phenoxy) is 1. The molecule has 3 heteroatoms. The van der Waals surface area contributed by atoms with Crippen molar-refractivity contribution in [2.75, 3.05) is 0 Å². The van der Waals surface area contributed by atoms with E-state index in [9.17, 15) is 9.90 Å². The van der Waals surface area contributed by atoms with Crippen LogP contribution in [0.5, 0.6) is 0 Å². The number of hydrogen-bond acceptors (Lipinski definition) is 3. The van der Waals surface area contributed by atoms with Crippen molar-refractivity contribution < 1.29 is 14.6 Å². The lowest BCUT2D eigenvalue weighted by Crippen LogP contribution is -2.24. The van der Waals surface area contributed by atoms with E-state index < -0.39 is 0 Å². The van der Waals surface area contributed by atoms with Gasteiger partial charge in [-0.25, -0.2) is 4.79 Å². The standard InChI is InChI=1S/C12H20O3/c1-3-4-5-6-7-10-11(13)8-9(2)15-12(10)14/h9,13H,3-8H2,1-2H3/t9-/m1/s1. The van der Waals surface area contributed by atoms with E-state index in [1.165, 1.54) is 12.8 Å². The summed E-state index contributed by atoms with van der Waals surface area (Å²) in [6, 6.07) is 0. The molecule has 0 bridgehead atoms. The first-order valence-electron chi connectivity index (χ1n) is 5.77. The molecule has 1 rings (SSSR count). The lowest BCUT2D eigenvalue weighted by molar-refractivity contribution is -0.145. The van der Waals surface area contributed by atoms with E-state index in [2.05, 4.69) is 6.92 Å². The van der Waals surface area contributed by atoms with Crippen LogP contribution in [0, 0.1) is 0 Å². The first-order valence-corrected chi connectivity index (χ1v) is 5.77. The molecule has 0 amide bonds. The minimum absolute atomic E-state index is 0.183. The Morgan fingerprint density at radius 1 is 1.40 bits per heavy atom. The average molecular weight is 212 g/mol. The number of rotatable bonds is 5. The predicted molar refractivity (Wildman–Crippen MR) is 58.6 cm³/mol. The molecule has 3 nitrogen and oxygen atoms in total. The van der Waals surface area contributed by atoms with Crippen molar-refractivity contribution in [3.63, 3.8) is 0 Å². The van der Waals surface area contributed by atoms with E-state index in [0.717, 1.165) is 12.8 Å². The Labute approximate surface area is 91.1 Å². The summed E-state index contributed by atoms with van der Waals surface area (Å²) >= 11 is 0. The van der Waals surface area contributed by atoms with Crippen LogP contribution in [-0.4, -0.2) is 17.2 Å². The highest BCUT2D eigenvalue weighted by atomic mass is 16.5. The fraction of sp³-hybridized carbons (Fsp3) is 0.750. The molecule has 0 unspecified atom stereocenters. The van der Waals surface area contributed by atoms with Crippen molar-refractivity contribution >= 4 is 5.97 Å². The maximum atomic E-state index is 11.4. The topological polar surface area (TPSA) is 46.5 Å². The van der Waals surface area contributed by atoms with Crippen molar-refractivity contribution in [2.45, 2.75) is 58.5 Å². The van der Waals surface area contributed by atoms with Crippen LogP contribution in [0.1, 0.15) is 52.4 Å². The maximum Gasteiger partial charge on any atom is 0.337 e. The van der Waals surface area contributed by atoms with E-state index in [-0.39, 0.29) is 17.8 Å². The second-order valence-corrected chi connectivity index (χ2v) is 4.16. The first kappa shape index (κ1) is 12.1. The van der Waals surface area contributed by atoms with Gasteiger partial charge in [0.25, 0.3) is 0 Å². The van der Waals surface area contributed by atoms with Crippen LogP contribution >= 0.6 is 0 Å². The monoisotopic (exact) mass is 212 g/mol. The Balaban J connectivity index is 2.44. The first-order chi connectivity index (χ1) is 7.15. The number of aliphatic hydroxyl groups is 1. The van der Waals surface area contributed by atoms with Crippen LogP contribution in [0.25, 0.3) is 0 Å². The number of unbranched alkanes of at least 4 members (excludes halogenated alkanes) is 3. The minimum atomic E-state index is -0.331. The van der Waals surface area contributed by atoms with Gasteiger partial charge >= 0.3 is 5.97 Å². The fourth-order valence-corrected chi connectivity index (χ4v) is 1.78. The molecule has 0 aliphatic carbocycles. The normalized spacial score (nSPS) is 21.7. The number of aliphatic hydroxyl groups excluding tert-OH is 1. The van der Waals surface area contributed by atoms with Crippen LogP contribution in [-0.2, 0) is 9.53 Å². The molecule has 1 aliphatic heterocycles. The predicted octanol–water partition coefficient (Wildman–Crippen LogP) is 3.10. The summed E-state index contributed by atoms with van der Waals surface area (Å²) in [5.74, 6) is -0.0991. The number of cyclic esters (lactones) is 1. The van der Waals surface area contributed by atoms with Gasteiger partial charge in [-0.15, -0.1) is 0 Å². The summed E-state index contributed by atoms with van der Waals surface area (Å²) in [5.41, 5.74) is 0.490. The highest BCUT2D eigenvalue weighted by Gasteiger charge is 2.25. The lowest BCUT2D eigenvalue weighted by atomic mass is 10.0. The molecule has 0 aromatic heterocycles. The molecular weight excluding hydrogens is 192 g/mol. The van der Waals surface area contributed by atoms with Crippen LogP contribution < -0.4 is 0 Å². The van der Waals surface area contributed by atoms with Crippen molar-refractivity contribution in [3.8, 4) is 0 Å². The van der Waals surface area contributed by atoms with Crippen molar-refractivity contribution in [2.24, 2.45) is 0 Å². The fourth-order valence-electron chi connectivity index (χ4n) is 1.78. The summed E-state index contributed by atoms with van der Waals surface area (Å²) < 4.78 is 5.07. The second-order valence-electron chi connectivity index (χ2n) is 4.16. The highest BCUT2D eigenvalue weighted by Crippen LogP contribution is 2.23. The molecule has 0 saturated heterocycles.